The highest BCUT2D eigenvalue weighted by Crippen LogP contribution is 2.35. The minimum atomic E-state index is -4.13. The van der Waals surface area contributed by atoms with Crippen LogP contribution in [0.2, 0.25) is 0 Å². The van der Waals surface area contributed by atoms with Gasteiger partial charge in [0, 0.05) is 62.2 Å². The van der Waals surface area contributed by atoms with Crippen LogP contribution in [0.25, 0.3) is 29.4 Å². The number of aliphatic hydroxyl groups is 2. The Kier molecular flexibility index (Phi) is 15.0. The summed E-state index contributed by atoms with van der Waals surface area (Å²) in [4.78, 5) is 50.8. The van der Waals surface area contributed by atoms with Gasteiger partial charge in [0.25, 0.3) is 11.8 Å². The molecule has 5 aromatic rings. The molecule has 0 bridgehead atoms. The average Bonchev–Trinajstić information content (AvgIpc) is 4.18. The number of likely N-dealkylation sites (N-methyl/N-ethyl adjacent to an activating group) is 1. The van der Waals surface area contributed by atoms with Crippen molar-refractivity contribution in [2.24, 2.45) is 0 Å². The fraction of sp³-hybridized carbons (Fsp3) is 0.370. The molecule has 3 aliphatic heterocycles. The highest BCUT2D eigenvalue weighted by atomic mass is 32.1. The van der Waals surface area contributed by atoms with E-state index in [1.165, 1.54) is 28.6 Å². The Morgan fingerprint density at radius 3 is 2.45 bits per heavy atom. The van der Waals surface area contributed by atoms with Gasteiger partial charge >= 0.3 is 6.97 Å². The van der Waals surface area contributed by atoms with E-state index in [2.05, 4.69) is 36.2 Å². The molecule has 1 aromatic carbocycles. The molecule has 0 aliphatic carbocycles. The molecule has 67 heavy (non-hydrogen) atoms. The lowest BCUT2D eigenvalue weighted by atomic mass is 9.90. The summed E-state index contributed by atoms with van der Waals surface area (Å²) >= 11 is 1.43. The second-order valence-corrected chi connectivity index (χ2v) is 17.3. The maximum atomic E-state index is 16.1. The number of imidazole rings is 1. The molecule has 1 fully saturated rings. The van der Waals surface area contributed by atoms with Crippen molar-refractivity contribution in [1.82, 2.24) is 39.9 Å². The van der Waals surface area contributed by atoms with E-state index in [4.69, 9.17) is 9.47 Å². The predicted octanol–water partition coefficient (Wildman–Crippen LogP) is 4.72. The third-order valence-corrected chi connectivity index (χ3v) is 12.6. The number of ether oxygens (including phenoxy) is 2. The van der Waals surface area contributed by atoms with Gasteiger partial charge in [0.05, 0.1) is 11.2 Å². The van der Waals surface area contributed by atoms with Gasteiger partial charge in [0.2, 0.25) is 5.91 Å². The summed E-state index contributed by atoms with van der Waals surface area (Å²) in [5.74, 6) is 0.221. The van der Waals surface area contributed by atoms with Crippen LogP contribution in [0.5, 0.6) is 5.75 Å². The number of amides is 3. The Balaban J connectivity index is 0.666. The second kappa shape index (κ2) is 21.4. The summed E-state index contributed by atoms with van der Waals surface area (Å²) in [6, 6.07) is 14.2. The average molecular weight is 939 g/mol. The highest BCUT2D eigenvalue weighted by molar-refractivity contribution is 7.12. The molecule has 3 aliphatic rings. The number of aromatic nitrogens is 5. The number of benzene rings is 1. The summed E-state index contributed by atoms with van der Waals surface area (Å²) in [6.07, 6.45) is 11.5. The zero-order valence-corrected chi connectivity index (χ0v) is 37.7. The maximum Gasteiger partial charge on any atom is 0.737 e. The van der Waals surface area contributed by atoms with Crippen LogP contribution in [-0.4, -0.2) is 120 Å². The third kappa shape index (κ3) is 10.7. The Bertz CT molecular complexity index is 2680. The van der Waals surface area contributed by atoms with Crippen LogP contribution in [-0.2, 0) is 19.1 Å². The van der Waals surface area contributed by atoms with Gasteiger partial charge in [-0.2, -0.15) is 0 Å². The summed E-state index contributed by atoms with van der Waals surface area (Å²) in [7, 11) is 0. The first-order chi connectivity index (χ1) is 32.5. The van der Waals surface area contributed by atoms with Gasteiger partial charge in [0.15, 0.2) is 47.3 Å². The number of fused-ring (bicyclic) bond motifs is 3. The van der Waals surface area contributed by atoms with Crippen LogP contribution in [0.3, 0.4) is 0 Å². The maximum absolute atomic E-state index is 16.1. The van der Waals surface area contributed by atoms with E-state index < -0.39 is 37.4 Å². The van der Waals surface area contributed by atoms with E-state index in [-0.39, 0.29) is 18.4 Å². The smallest absolute Gasteiger partial charge is 0.484 e. The van der Waals surface area contributed by atoms with E-state index in [1.54, 1.807) is 73.7 Å². The van der Waals surface area contributed by atoms with Crippen molar-refractivity contribution >= 4 is 76.9 Å². The first-order valence-corrected chi connectivity index (χ1v) is 23.4. The topological polar surface area (TPSA) is 210 Å². The molecule has 21 heteroatoms. The minimum Gasteiger partial charge on any atom is -0.484 e. The largest absolute Gasteiger partial charge is 0.737 e. The Hall–Kier alpha value is -6.55. The van der Waals surface area contributed by atoms with Crippen LogP contribution >= 0.6 is 11.3 Å². The van der Waals surface area contributed by atoms with Gasteiger partial charge in [-0.05, 0) is 86.4 Å². The molecule has 6 N–H and O–H groups in total. The minimum absolute atomic E-state index is 0.0126. The second-order valence-electron chi connectivity index (χ2n) is 16.3. The van der Waals surface area contributed by atoms with Crippen LogP contribution in [0.15, 0.2) is 84.4 Å². The number of carbonyl (C=O) groups is 3. The summed E-state index contributed by atoms with van der Waals surface area (Å²) in [6.45, 7) is -0.553. The molecule has 0 saturated carbocycles. The van der Waals surface area contributed by atoms with Crippen molar-refractivity contribution in [2.45, 2.75) is 76.4 Å². The van der Waals surface area contributed by atoms with Gasteiger partial charge in [-0.15, -0.1) is 11.3 Å². The lowest BCUT2D eigenvalue weighted by Gasteiger charge is -2.30. The molecule has 352 valence electrons. The number of halogens is 2. The van der Waals surface area contributed by atoms with Gasteiger partial charge in [0.1, 0.15) is 24.3 Å². The zero-order valence-electron chi connectivity index (χ0n) is 36.9. The molecule has 0 unspecified atom stereocenters. The van der Waals surface area contributed by atoms with Crippen molar-refractivity contribution in [2.75, 3.05) is 38.1 Å². The Morgan fingerprint density at radius 1 is 0.896 bits per heavy atom. The number of nitrogens with one attached hydrogen (secondary N) is 4. The molecular formula is C46H53BF2N10O7S. The van der Waals surface area contributed by atoms with Gasteiger partial charge < -0.3 is 58.5 Å². The van der Waals surface area contributed by atoms with Crippen molar-refractivity contribution in [1.29, 1.82) is 0 Å². The number of thiophene rings is 1. The molecule has 4 atom stereocenters. The standard InChI is InChI=1S/C46H53BF2N10O7S/c1-2-50-45(64)42-40(62)41(63)46(66-42)57-29-56-39-43(54-28-55-44(39)57)53-24-8-4-7-22-51-37(60)11-5-3-6-23-52-38(61)27-65-34-19-13-30(14-20-34)12-15-31-16-17-32-26-33-18-21-35(36-10-9-25-67-36)59(33)47(48,49)58(31)32/h9-10,12-21,25-26,28-29,40-42,46,62-63H,2-8,11,22-24,27H2,1H3,(H,50,64)(H,51,60)(H,52,61)(H,53,54,55)/b15-12+/t40-,41+,42-,46+/m0/s1. The molecule has 1 saturated heterocycles. The summed E-state index contributed by atoms with van der Waals surface area (Å²) < 4.78 is 47.3. The monoisotopic (exact) mass is 938 g/mol. The molecule has 8 rings (SSSR count). The van der Waals surface area contributed by atoms with Crippen LogP contribution in [0.4, 0.5) is 14.4 Å². The van der Waals surface area contributed by atoms with Crippen molar-refractivity contribution in [3.63, 3.8) is 0 Å². The number of unbranched alkanes of at least 4 members (excludes halogenated alkanes) is 4. The fourth-order valence-corrected chi connectivity index (χ4v) is 9.03. The molecule has 3 amide bonds. The summed E-state index contributed by atoms with van der Waals surface area (Å²) in [5, 5.41) is 34.6. The number of nitrogens with zero attached hydrogens (tertiary/aromatic N) is 6. The first-order valence-electron chi connectivity index (χ1n) is 22.5. The Morgan fingerprint density at radius 2 is 1.67 bits per heavy atom. The number of hydrogen-bond acceptors (Lipinski definition) is 12. The molecular weight excluding hydrogens is 885 g/mol. The van der Waals surface area contributed by atoms with E-state index >= 15 is 8.63 Å². The SMILES string of the molecule is CCNC(=O)[C@H]1O[C@@H](n2cnc3c(NCCCCCNC(=O)CCCCCNC(=O)COc4ccc(/C=C/c5ccc6n5[B-](F)(F)[N+]5=C(c7cccs7)C=CC5=C6)cc4)ncnc32)[C@H](O)[C@@H]1O. The zero-order chi connectivity index (χ0) is 46.9. The van der Waals surface area contributed by atoms with Crippen molar-refractivity contribution in [3.8, 4) is 5.75 Å². The number of carbonyl (C=O) groups excluding carboxylic acids is 3. The predicted molar refractivity (Wildman–Crippen MR) is 251 cm³/mol. The lowest BCUT2D eigenvalue weighted by molar-refractivity contribution is -0.360. The first kappa shape index (κ1) is 47.0. The van der Waals surface area contributed by atoms with Crippen molar-refractivity contribution in [3.05, 3.63) is 106 Å². The molecule has 0 spiro atoms. The van der Waals surface area contributed by atoms with E-state index in [9.17, 15) is 24.6 Å². The van der Waals surface area contributed by atoms with Gasteiger partial charge in [-0.3, -0.25) is 19.0 Å². The lowest BCUT2D eigenvalue weighted by Crippen LogP contribution is -2.50. The molecule has 0 radical (unpaired) electrons. The molecule has 7 heterocycles. The summed E-state index contributed by atoms with van der Waals surface area (Å²) in [5.41, 5.74) is 3.41. The van der Waals surface area contributed by atoms with Crippen LogP contribution in [0.1, 0.15) is 79.9 Å². The van der Waals surface area contributed by atoms with E-state index in [0.29, 0.717) is 84.5 Å². The highest BCUT2D eigenvalue weighted by Gasteiger charge is 2.52. The normalized spacial score (nSPS) is 19.4. The number of anilines is 1. The quantitative estimate of drug-likeness (QED) is 0.0414. The van der Waals surface area contributed by atoms with Crippen molar-refractivity contribution < 1.29 is 47.2 Å². The van der Waals surface area contributed by atoms with Crippen LogP contribution in [0, 0.1) is 0 Å². The van der Waals surface area contributed by atoms with Gasteiger partial charge in [-0.25, -0.2) is 15.0 Å². The van der Waals surface area contributed by atoms with Gasteiger partial charge in [-0.1, -0.05) is 30.7 Å². The van der Waals surface area contributed by atoms with E-state index in [0.717, 1.165) is 51.5 Å². The Labute approximate surface area is 389 Å². The molecule has 4 aromatic heterocycles. The fourth-order valence-electron chi connectivity index (χ4n) is 8.28. The number of aliphatic hydroxyl groups excluding tert-OH is 2. The molecule has 17 nitrogen and oxygen atoms in total. The number of allylic oxidation sites excluding steroid dienone is 2. The third-order valence-electron chi connectivity index (χ3n) is 11.7. The number of rotatable bonds is 22. The number of hydrogen-bond donors (Lipinski definition) is 6. The van der Waals surface area contributed by atoms with Crippen LogP contribution < -0.4 is 26.0 Å². The van der Waals surface area contributed by atoms with E-state index in [1.807, 2.05) is 17.5 Å².